The Morgan fingerprint density at radius 3 is 1.85 bits per heavy atom. The number of hydrogen-bond acceptors (Lipinski definition) is 2. The summed E-state index contributed by atoms with van der Waals surface area (Å²) in [7, 11) is 0. The van der Waals surface area contributed by atoms with E-state index in [0.717, 1.165) is 18.3 Å². The molecule has 0 aliphatic rings. The van der Waals surface area contributed by atoms with Gasteiger partial charge in [0.25, 0.3) is 5.56 Å². The van der Waals surface area contributed by atoms with Crippen molar-refractivity contribution in [3.05, 3.63) is 46.5 Å². The van der Waals surface area contributed by atoms with Gasteiger partial charge in [0.05, 0.1) is 0 Å². The van der Waals surface area contributed by atoms with Crippen LogP contribution >= 0.6 is 0 Å². The fourth-order valence-electron chi connectivity index (χ4n) is 1.95. The van der Waals surface area contributed by atoms with Crippen molar-refractivity contribution in [3.8, 4) is 0 Å². The van der Waals surface area contributed by atoms with Gasteiger partial charge >= 0.3 is 29.9 Å². The lowest BCUT2D eigenvalue weighted by Gasteiger charge is -2.36. The molecule has 0 bridgehead atoms. The minimum absolute atomic E-state index is 0.372. The van der Waals surface area contributed by atoms with Crippen LogP contribution < -0.4 is 5.56 Å². The topological polar surface area (TPSA) is 34.4 Å². The summed E-state index contributed by atoms with van der Waals surface area (Å²) in [5, 5.41) is 0. The van der Waals surface area contributed by atoms with Gasteiger partial charge in [0.2, 0.25) is 0 Å². The summed E-state index contributed by atoms with van der Waals surface area (Å²) in [6.07, 6.45) is -6.33. The number of rotatable bonds is 4. The van der Waals surface area contributed by atoms with Crippen LogP contribution in [0.1, 0.15) is 5.69 Å². The Balaban J connectivity index is 2.68. The van der Waals surface area contributed by atoms with E-state index in [2.05, 4.69) is 4.98 Å². The maximum absolute atomic E-state index is 13.9. The Labute approximate surface area is 141 Å². The number of alkyl halides is 11. The molecule has 0 radical (unpaired) electrons. The highest BCUT2D eigenvalue weighted by Gasteiger charge is 2.87. The average molecular weight is 414 g/mol. The molecule has 0 spiro atoms. The minimum Gasteiger partial charge on any atom is -0.269 e. The molecule has 0 aromatic carbocycles. The molecule has 0 aliphatic heterocycles. The molecule has 150 valence electrons. The summed E-state index contributed by atoms with van der Waals surface area (Å²) in [4.78, 5) is 14.4. The molecule has 0 aliphatic carbocycles. The lowest BCUT2D eigenvalue weighted by atomic mass is 9.96. The molecule has 0 amide bonds. The van der Waals surface area contributed by atoms with E-state index in [9.17, 15) is 53.1 Å². The van der Waals surface area contributed by atoms with Crippen LogP contribution in [0.4, 0.5) is 48.3 Å². The van der Waals surface area contributed by atoms with Crippen LogP contribution in [0.5, 0.6) is 0 Å². The standard InChI is InChI=1S/C13H5F11N2O/c14-9(15,6-5-8(27)26-4-2-1-3-7(26)25-6)10(16,17)11(18,19)12(20,21)13(22,23)24/h1-5H. The molecular formula is C13H5F11N2O. The van der Waals surface area contributed by atoms with Crippen molar-refractivity contribution in [1.82, 2.24) is 9.38 Å². The second kappa shape index (κ2) is 5.79. The first-order valence-corrected chi connectivity index (χ1v) is 6.55. The third kappa shape index (κ3) is 2.81. The number of fused-ring (bicyclic) bond motifs is 1. The molecule has 0 atom stereocenters. The number of nitrogens with zero attached hydrogens (tertiary/aromatic N) is 2. The Hall–Kier alpha value is -2.41. The second-order valence-electron chi connectivity index (χ2n) is 5.20. The summed E-state index contributed by atoms with van der Waals surface area (Å²) in [5.41, 5.74) is -4.65. The van der Waals surface area contributed by atoms with Crippen LogP contribution in [0, 0.1) is 0 Å². The molecule has 3 nitrogen and oxygen atoms in total. The Morgan fingerprint density at radius 2 is 1.33 bits per heavy atom. The van der Waals surface area contributed by atoms with Crippen LogP contribution in [0.15, 0.2) is 35.3 Å². The van der Waals surface area contributed by atoms with E-state index in [4.69, 9.17) is 0 Å². The summed E-state index contributed by atoms with van der Waals surface area (Å²) >= 11 is 0. The highest BCUT2D eigenvalue weighted by molar-refractivity contribution is 5.39. The van der Waals surface area contributed by atoms with Crippen LogP contribution in [0.2, 0.25) is 0 Å². The lowest BCUT2D eigenvalue weighted by molar-refractivity contribution is -0.425. The summed E-state index contributed by atoms with van der Waals surface area (Å²) in [5.74, 6) is -28.7. The molecule has 2 aromatic heterocycles. The molecule has 2 heterocycles. The number of aromatic nitrogens is 2. The van der Waals surface area contributed by atoms with Gasteiger partial charge in [-0.2, -0.15) is 48.3 Å². The van der Waals surface area contributed by atoms with E-state index in [1.54, 1.807) is 0 Å². The van der Waals surface area contributed by atoms with Gasteiger partial charge in [-0.1, -0.05) is 6.07 Å². The molecular weight excluding hydrogens is 409 g/mol. The smallest absolute Gasteiger partial charge is 0.269 e. The zero-order chi connectivity index (χ0) is 21.1. The zero-order valence-corrected chi connectivity index (χ0v) is 12.3. The number of pyridine rings is 1. The third-order valence-corrected chi connectivity index (χ3v) is 3.43. The monoisotopic (exact) mass is 414 g/mol. The van der Waals surface area contributed by atoms with E-state index in [-0.39, 0.29) is 6.07 Å². The van der Waals surface area contributed by atoms with Gasteiger partial charge in [0.1, 0.15) is 11.3 Å². The molecule has 0 saturated heterocycles. The van der Waals surface area contributed by atoms with Crippen molar-refractivity contribution in [3.63, 3.8) is 0 Å². The van der Waals surface area contributed by atoms with Gasteiger partial charge in [-0.05, 0) is 12.1 Å². The first-order chi connectivity index (χ1) is 12.0. The van der Waals surface area contributed by atoms with Crippen LogP contribution in [-0.4, -0.2) is 33.3 Å². The van der Waals surface area contributed by atoms with Crippen molar-refractivity contribution in [2.45, 2.75) is 29.9 Å². The van der Waals surface area contributed by atoms with Crippen molar-refractivity contribution < 1.29 is 48.3 Å². The molecule has 0 saturated carbocycles. The Bertz CT molecular complexity index is 916. The van der Waals surface area contributed by atoms with Gasteiger partial charge in [-0.3, -0.25) is 9.20 Å². The molecule has 0 unspecified atom stereocenters. The molecule has 27 heavy (non-hydrogen) atoms. The van der Waals surface area contributed by atoms with Gasteiger partial charge in [0.15, 0.2) is 0 Å². The first kappa shape index (κ1) is 20.9. The molecule has 0 fully saturated rings. The highest BCUT2D eigenvalue weighted by atomic mass is 19.4. The quantitative estimate of drug-likeness (QED) is 0.702. The summed E-state index contributed by atoms with van der Waals surface area (Å²) in [6, 6.07) is 2.69. The second-order valence-corrected chi connectivity index (χ2v) is 5.20. The van der Waals surface area contributed by atoms with Crippen molar-refractivity contribution in [2.24, 2.45) is 0 Å². The normalized spacial score (nSPS) is 14.6. The third-order valence-electron chi connectivity index (χ3n) is 3.43. The number of hydrogen-bond donors (Lipinski definition) is 0. The van der Waals surface area contributed by atoms with Gasteiger partial charge in [-0.15, -0.1) is 0 Å². The highest BCUT2D eigenvalue weighted by Crippen LogP contribution is 2.59. The average Bonchev–Trinajstić information content (AvgIpc) is 2.53. The molecule has 2 aromatic rings. The zero-order valence-electron chi connectivity index (χ0n) is 12.3. The predicted molar refractivity (Wildman–Crippen MR) is 66.3 cm³/mol. The maximum atomic E-state index is 13.9. The van der Waals surface area contributed by atoms with E-state index < -0.39 is 46.8 Å². The predicted octanol–water partition coefficient (Wildman–Crippen LogP) is 4.25. The molecule has 14 heteroatoms. The molecule has 0 N–H and O–H groups in total. The van der Waals surface area contributed by atoms with Crippen LogP contribution in [0.3, 0.4) is 0 Å². The fourth-order valence-corrected chi connectivity index (χ4v) is 1.95. The SMILES string of the molecule is O=c1cc(C(F)(F)C(F)(F)C(F)(F)C(F)(F)C(F)(F)F)nc2ccccn12. The lowest BCUT2D eigenvalue weighted by Crippen LogP contribution is -2.65. The van der Waals surface area contributed by atoms with Crippen LogP contribution in [0.25, 0.3) is 5.65 Å². The maximum Gasteiger partial charge on any atom is 0.460 e. The first-order valence-electron chi connectivity index (χ1n) is 6.55. The Morgan fingerprint density at radius 1 is 0.778 bits per heavy atom. The van der Waals surface area contributed by atoms with Gasteiger partial charge < -0.3 is 0 Å². The van der Waals surface area contributed by atoms with Crippen molar-refractivity contribution in [1.29, 1.82) is 0 Å². The van der Waals surface area contributed by atoms with Crippen molar-refractivity contribution in [2.75, 3.05) is 0 Å². The minimum atomic E-state index is -7.56. The Kier molecular flexibility index (Phi) is 4.48. The van der Waals surface area contributed by atoms with Gasteiger partial charge in [0, 0.05) is 12.3 Å². The van der Waals surface area contributed by atoms with Crippen molar-refractivity contribution >= 4 is 5.65 Å². The molecule has 2 rings (SSSR count). The largest absolute Gasteiger partial charge is 0.460 e. The summed E-state index contributed by atoms with van der Waals surface area (Å²) in [6.45, 7) is 0. The van der Waals surface area contributed by atoms with Crippen LogP contribution in [-0.2, 0) is 5.92 Å². The van der Waals surface area contributed by atoms with E-state index >= 15 is 0 Å². The van der Waals surface area contributed by atoms with E-state index in [1.807, 2.05) is 0 Å². The van der Waals surface area contributed by atoms with E-state index in [1.165, 1.54) is 6.07 Å². The number of halogens is 11. The van der Waals surface area contributed by atoms with E-state index in [0.29, 0.717) is 4.40 Å². The summed E-state index contributed by atoms with van der Waals surface area (Å²) < 4.78 is 144. The van der Waals surface area contributed by atoms with Gasteiger partial charge in [-0.25, -0.2) is 4.98 Å². The fraction of sp³-hybridized carbons (Fsp3) is 0.385.